The number of halogens is 4. The number of ketones is 1. The fourth-order valence-corrected chi connectivity index (χ4v) is 1.13. The SMILES string of the molecule is Cc1ccc(C(=O)C(F)(F)F)c(Cl)n1. The Labute approximate surface area is 82.7 Å². The molecule has 0 aromatic carbocycles. The van der Waals surface area contributed by atoms with Gasteiger partial charge in [-0.15, -0.1) is 0 Å². The molecule has 0 fully saturated rings. The van der Waals surface area contributed by atoms with Gasteiger partial charge in [0.1, 0.15) is 5.15 Å². The largest absolute Gasteiger partial charge is 0.454 e. The Kier molecular flexibility index (Phi) is 2.80. The Morgan fingerprint density at radius 1 is 1.43 bits per heavy atom. The maximum Gasteiger partial charge on any atom is 0.454 e. The first-order valence-corrected chi connectivity index (χ1v) is 3.95. The molecule has 0 saturated carbocycles. The molecule has 0 amide bonds. The summed E-state index contributed by atoms with van der Waals surface area (Å²) < 4.78 is 35.9. The van der Waals surface area contributed by atoms with Crippen LogP contribution in [0.3, 0.4) is 0 Å². The quantitative estimate of drug-likeness (QED) is 0.541. The molecule has 0 radical (unpaired) electrons. The van der Waals surface area contributed by atoms with Gasteiger partial charge in [-0.1, -0.05) is 11.6 Å². The third kappa shape index (κ3) is 2.23. The number of pyridine rings is 1. The van der Waals surface area contributed by atoms with E-state index in [1.807, 2.05) is 0 Å². The van der Waals surface area contributed by atoms with Crippen molar-refractivity contribution in [1.29, 1.82) is 0 Å². The molecular formula is C8H5ClF3NO. The van der Waals surface area contributed by atoms with Crippen LogP contribution in [0.4, 0.5) is 13.2 Å². The smallest absolute Gasteiger partial charge is 0.284 e. The highest BCUT2D eigenvalue weighted by Gasteiger charge is 2.40. The molecule has 0 aliphatic carbocycles. The number of aromatic nitrogens is 1. The summed E-state index contributed by atoms with van der Waals surface area (Å²) in [5, 5.41) is -0.424. The van der Waals surface area contributed by atoms with Crippen molar-refractivity contribution in [3.8, 4) is 0 Å². The van der Waals surface area contributed by atoms with E-state index in [2.05, 4.69) is 4.98 Å². The highest BCUT2D eigenvalue weighted by molar-refractivity contribution is 6.33. The van der Waals surface area contributed by atoms with Crippen LogP contribution in [-0.4, -0.2) is 16.9 Å². The molecule has 0 unspecified atom stereocenters. The topological polar surface area (TPSA) is 30.0 Å². The van der Waals surface area contributed by atoms with E-state index in [1.54, 1.807) is 6.92 Å². The summed E-state index contributed by atoms with van der Waals surface area (Å²) in [7, 11) is 0. The fraction of sp³-hybridized carbons (Fsp3) is 0.250. The van der Waals surface area contributed by atoms with Crippen LogP contribution in [0.5, 0.6) is 0 Å². The third-order valence-corrected chi connectivity index (χ3v) is 1.78. The van der Waals surface area contributed by atoms with Gasteiger partial charge in [-0.2, -0.15) is 13.2 Å². The molecule has 6 heteroatoms. The van der Waals surface area contributed by atoms with Crippen molar-refractivity contribution < 1.29 is 18.0 Å². The molecule has 76 valence electrons. The molecule has 1 aromatic rings. The first kappa shape index (κ1) is 11.0. The van der Waals surface area contributed by atoms with Crippen LogP contribution in [-0.2, 0) is 0 Å². The maximum absolute atomic E-state index is 12.0. The summed E-state index contributed by atoms with van der Waals surface area (Å²) in [6.45, 7) is 1.56. The zero-order valence-corrected chi connectivity index (χ0v) is 7.78. The molecule has 0 spiro atoms. The summed E-state index contributed by atoms with van der Waals surface area (Å²) in [6, 6.07) is 2.31. The number of alkyl halides is 3. The van der Waals surface area contributed by atoms with Crippen molar-refractivity contribution in [3.63, 3.8) is 0 Å². The van der Waals surface area contributed by atoms with E-state index < -0.39 is 22.7 Å². The normalized spacial score (nSPS) is 11.5. The molecule has 0 saturated heterocycles. The fourth-order valence-electron chi connectivity index (χ4n) is 0.847. The van der Waals surface area contributed by atoms with E-state index in [4.69, 9.17) is 11.6 Å². The van der Waals surface area contributed by atoms with E-state index in [1.165, 1.54) is 6.07 Å². The lowest BCUT2D eigenvalue weighted by molar-refractivity contribution is -0.0885. The van der Waals surface area contributed by atoms with Crippen LogP contribution in [0, 0.1) is 6.92 Å². The zero-order chi connectivity index (χ0) is 10.9. The van der Waals surface area contributed by atoms with Gasteiger partial charge in [0.2, 0.25) is 0 Å². The van der Waals surface area contributed by atoms with Gasteiger partial charge in [-0.3, -0.25) is 4.79 Å². The van der Waals surface area contributed by atoms with E-state index >= 15 is 0 Å². The lowest BCUT2D eigenvalue weighted by Gasteiger charge is -2.06. The van der Waals surface area contributed by atoms with Gasteiger partial charge in [-0.05, 0) is 19.1 Å². The number of rotatable bonds is 1. The molecule has 1 rings (SSSR count). The van der Waals surface area contributed by atoms with Gasteiger partial charge in [0, 0.05) is 5.69 Å². The van der Waals surface area contributed by atoms with Crippen molar-refractivity contribution in [3.05, 3.63) is 28.5 Å². The second-order valence-corrected chi connectivity index (χ2v) is 2.98. The van der Waals surface area contributed by atoms with E-state index in [0.29, 0.717) is 5.69 Å². The second kappa shape index (κ2) is 3.57. The molecule has 0 aliphatic heterocycles. The van der Waals surface area contributed by atoms with E-state index in [0.717, 1.165) is 6.07 Å². The van der Waals surface area contributed by atoms with Crippen molar-refractivity contribution in [2.45, 2.75) is 13.1 Å². The Morgan fingerprint density at radius 3 is 2.43 bits per heavy atom. The number of hydrogen-bond donors (Lipinski definition) is 0. The van der Waals surface area contributed by atoms with Crippen molar-refractivity contribution in [2.75, 3.05) is 0 Å². The minimum Gasteiger partial charge on any atom is -0.284 e. The standard InChI is InChI=1S/C8H5ClF3NO/c1-4-2-3-5(7(9)13-4)6(14)8(10,11)12/h2-3H,1H3. The first-order valence-electron chi connectivity index (χ1n) is 3.57. The Hall–Kier alpha value is -1.10. The predicted molar refractivity (Wildman–Crippen MR) is 44.4 cm³/mol. The lowest BCUT2D eigenvalue weighted by atomic mass is 10.2. The third-order valence-electron chi connectivity index (χ3n) is 1.49. The van der Waals surface area contributed by atoms with Gasteiger partial charge >= 0.3 is 6.18 Å². The zero-order valence-electron chi connectivity index (χ0n) is 7.02. The Morgan fingerprint density at radius 2 is 2.00 bits per heavy atom. The molecule has 14 heavy (non-hydrogen) atoms. The number of nitrogens with zero attached hydrogens (tertiary/aromatic N) is 1. The number of carbonyl (C=O) groups excluding carboxylic acids is 1. The second-order valence-electron chi connectivity index (χ2n) is 2.62. The van der Waals surface area contributed by atoms with Crippen LogP contribution in [0.15, 0.2) is 12.1 Å². The van der Waals surface area contributed by atoms with Gasteiger partial charge in [-0.25, -0.2) is 4.98 Å². The molecular weight excluding hydrogens is 219 g/mol. The summed E-state index contributed by atoms with van der Waals surface area (Å²) in [4.78, 5) is 14.3. The van der Waals surface area contributed by atoms with Gasteiger partial charge in [0.05, 0.1) is 5.56 Å². The highest BCUT2D eigenvalue weighted by Crippen LogP contribution is 2.25. The monoisotopic (exact) mass is 223 g/mol. The molecule has 1 heterocycles. The van der Waals surface area contributed by atoms with E-state index in [9.17, 15) is 18.0 Å². The lowest BCUT2D eigenvalue weighted by Crippen LogP contribution is -2.23. The van der Waals surface area contributed by atoms with Crippen LogP contribution >= 0.6 is 11.6 Å². The molecule has 2 nitrogen and oxygen atoms in total. The van der Waals surface area contributed by atoms with Crippen molar-refractivity contribution in [2.24, 2.45) is 0 Å². The maximum atomic E-state index is 12.0. The number of carbonyl (C=O) groups is 1. The molecule has 0 bridgehead atoms. The predicted octanol–water partition coefficient (Wildman–Crippen LogP) is 2.79. The minimum absolute atomic E-state index is 0.424. The molecule has 0 N–H and O–H groups in total. The van der Waals surface area contributed by atoms with Gasteiger partial charge < -0.3 is 0 Å². The average Bonchev–Trinajstić information content (AvgIpc) is 2.01. The summed E-state index contributed by atoms with van der Waals surface area (Å²) >= 11 is 5.40. The molecule has 0 aliphatic rings. The summed E-state index contributed by atoms with van der Waals surface area (Å²) in [5.41, 5.74) is -0.168. The summed E-state index contributed by atoms with van der Waals surface area (Å²) in [6.07, 6.45) is -4.92. The summed E-state index contributed by atoms with van der Waals surface area (Å²) in [5.74, 6) is -1.98. The Balaban J connectivity index is 3.15. The van der Waals surface area contributed by atoms with Crippen LogP contribution < -0.4 is 0 Å². The minimum atomic E-state index is -4.92. The van der Waals surface area contributed by atoms with Gasteiger partial charge in [0.25, 0.3) is 5.78 Å². The number of Topliss-reactive ketones (excluding diaryl/α,β-unsaturated/α-hetero) is 1. The van der Waals surface area contributed by atoms with Gasteiger partial charge in [0.15, 0.2) is 0 Å². The number of aryl methyl sites for hydroxylation is 1. The molecule has 0 atom stereocenters. The van der Waals surface area contributed by atoms with Crippen molar-refractivity contribution >= 4 is 17.4 Å². The Bertz CT molecular complexity index is 375. The van der Waals surface area contributed by atoms with Crippen LogP contribution in [0.25, 0.3) is 0 Å². The van der Waals surface area contributed by atoms with Crippen LogP contribution in [0.1, 0.15) is 16.1 Å². The number of hydrogen-bond acceptors (Lipinski definition) is 2. The van der Waals surface area contributed by atoms with Crippen molar-refractivity contribution in [1.82, 2.24) is 4.98 Å². The molecule has 1 aromatic heterocycles. The highest BCUT2D eigenvalue weighted by atomic mass is 35.5. The first-order chi connectivity index (χ1) is 6.32. The van der Waals surface area contributed by atoms with E-state index in [-0.39, 0.29) is 0 Å². The average molecular weight is 224 g/mol. The van der Waals surface area contributed by atoms with Crippen LogP contribution in [0.2, 0.25) is 5.15 Å².